The number of hydrogen-bond donors (Lipinski definition) is 0. The third kappa shape index (κ3) is 4.89. The molecule has 49 heavy (non-hydrogen) atoms. The van der Waals surface area contributed by atoms with Crippen molar-refractivity contribution in [3.8, 4) is 0 Å². The molecule has 5 aromatic carbocycles. The minimum Gasteiger partial charge on any atom is -0.292 e. The molecule has 0 saturated heterocycles. The molecule has 0 aliphatic heterocycles. The highest BCUT2D eigenvalue weighted by Crippen LogP contribution is 2.36. The summed E-state index contributed by atoms with van der Waals surface area (Å²) >= 11 is 0. The summed E-state index contributed by atoms with van der Waals surface area (Å²) in [6.07, 6.45) is 10.7. The molecular weight excluding hydrogens is 595 g/mol. The molecule has 0 aliphatic carbocycles. The predicted molar refractivity (Wildman–Crippen MR) is 212 cm³/mol. The third-order valence-corrected chi connectivity index (χ3v) is 9.98. The Morgan fingerprint density at radius 3 is 2.18 bits per heavy atom. The summed E-state index contributed by atoms with van der Waals surface area (Å²) in [7, 11) is 0. The highest BCUT2D eigenvalue weighted by atomic mass is 15.0. The van der Waals surface area contributed by atoms with Gasteiger partial charge in [-0.05, 0) is 125 Å². The van der Waals surface area contributed by atoms with Gasteiger partial charge in [-0.2, -0.15) is 0 Å². The molecule has 3 aromatic heterocycles. The number of rotatable bonds is 6. The molecular formula is C46H37N3. The summed E-state index contributed by atoms with van der Waals surface area (Å²) in [5.41, 5.74) is 15.2. The number of allylic oxidation sites excluding steroid dienone is 6. The number of hydrogen-bond acceptors (Lipinski definition) is 2. The number of aromatic nitrogens is 3. The summed E-state index contributed by atoms with van der Waals surface area (Å²) in [4.78, 5) is 10.3. The second-order valence-electron chi connectivity index (χ2n) is 12.8. The van der Waals surface area contributed by atoms with Crippen LogP contribution in [0.3, 0.4) is 0 Å². The van der Waals surface area contributed by atoms with Gasteiger partial charge in [-0.1, -0.05) is 98.1 Å². The second-order valence-corrected chi connectivity index (χ2v) is 12.8. The lowest BCUT2D eigenvalue weighted by molar-refractivity contribution is 1.31. The maximum absolute atomic E-state index is 5.22. The molecule has 236 valence electrons. The standard InChI is InChI=1S/C46H37N3/c1-7-15-35-30(5)31(6)38(37-18-11-10-17-36(35)37)25-29(4)28(3)24-32(8-2)33-22-23-43-39(26-33)45-40(27-34-16-9-12-19-41(34)47-45)46-48-42-20-13-14-21-44(42)49(43)46/h7-27H,2-3H2,1,4-6H3/b15-7-,29-25+,32-24+. The molecule has 0 N–H and O–H groups in total. The van der Waals surface area contributed by atoms with E-state index in [0.29, 0.717) is 0 Å². The van der Waals surface area contributed by atoms with E-state index in [2.05, 4.69) is 154 Å². The maximum atomic E-state index is 5.22. The van der Waals surface area contributed by atoms with Gasteiger partial charge in [0.25, 0.3) is 0 Å². The molecule has 3 heterocycles. The minimum atomic E-state index is 0.917. The molecule has 0 fully saturated rings. The van der Waals surface area contributed by atoms with Gasteiger partial charge in [0, 0.05) is 16.2 Å². The number of para-hydroxylation sites is 3. The van der Waals surface area contributed by atoms with Crippen molar-refractivity contribution in [1.29, 1.82) is 0 Å². The summed E-state index contributed by atoms with van der Waals surface area (Å²) < 4.78 is 2.27. The number of nitrogens with zero attached hydrogens (tertiary/aromatic N) is 3. The van der Waals surface area contributed by atoms with E-state index in [1.165, 1.54) is 33.0 Å². The van der Waals surface area contributed by atoms with Gasteiger partial charge < -0.3 is 0 Å². The molecule has 8 rings (SSSR count). The summed E-state index contributed by atoms with van der Waals surface area (Å²) in [5, 5.41) is 5.71. The van der Waals surface area contributed by atoms with E-state index in [0.717, 1.165) is 71.7 Å². The Labute approximate surface area is 286 Å². The Hall–Kier alpha value is -6.06. The van der Waals surface area contributed by atoms with Crippen LogP contribution in [-0.4, -0.2) is 14.4 Å². The van der Waals surface area contributed by atoms with E-state index in [9.17, 15) is 0 Å². The van der Waals surface area contributed by atoms with E-state index < -0.39 is 0 Å². The fraction of sp³-hybridized carbons (Fsp3) is 0.0870. The zero-order valence-corrected chi connectivity index (χ0v) is 28.4. The smallest absolute Gasteiger partial charge is 0.147 e. The second kappa shape index (κ2) is 11.9. The lowest BCUT2D eigenvalue weighted by atomic mass is 9.88. The summed E-state index contributed by atoms with van der Waals surface area (Å²) in [5.74, 6) is 0. The van der Waals surface area contributed by atoms with Gasteiger partial charge in [0.2, 0.25) is 0 Å². The Bertz CT molecular complexity index is 2780. The Kier molecular flexibility index (Phi) is 7.34. The zero-order valence-electron chi connectivity index (χ0n) is 28.4. The van der Waals surface area contributed by atoms with Crippen LogP contribution < -0.4 is 0 Å². The SMILES string of the molecule is C=C/C(=C\C(=C)/C(C)=C/c1c(C)c(C)c(/C=C\C)c2ccccc12)c1ccc2c(c1)c1nc3ccccc3cc1c1nc3ccccc3n21. The normalized spacial score (nSPS) is 12.8. The number of pyridine rings is 2. The topological polar surface area (TPSA) is 30.2 Å². The van der Waals surface area contributed by atoms with Crippen molar-refractivity contribution < 1.29 is 0 Å². The van der Waals surface area contributed by atoms with E-state index in [1.807, 2.05) is 18.2 Å². The average Bonchev–Trinajstić information content (AvgIpc) is 3.53. The minimum absolute atomic E-state index is 0.917. The average molecular weight is 632 g/mol. The first-order chi connectivity index (χ1) is 23.9. The van der Waals surface area contributed by atoms with Crippen LogP contribution in [0, 0.1) is 13.8 Å². The molecule has 0 unspecified atom stereocenters. The van der Waals surface area contributed by atoms with E-state index in [1.54, 1.807) is 0 Å². The zero-order chi connectivity index (χ0) is 33.8. The number of imidazole rings is 1. The van der Waals surface area contributed by atoms with Crippen LogP contribution in [0.2, 0.25) is 0 Å². The molecule has 0 aliphatic rings. The van der Waals surface area contributed by atoms with Crippen LogP contribution in [0.15, 0.2) is 140 Å². The lowest BCUT2D eigenvalue weighted by Crippen LogP contribution is -1.96. The van der Waals surface area contributed by atoms with Crippen molar-refractivity contribution in [3.05, 3.63) is 167 Å². The van der Waals surface area contributed by atoms with Crippen LogP contribution in [0.5, 0.6) is 0 Å². The Morgan fingerprint density at radius 2 is 1.41 bits per heavy atom. The fourth-order valence-electron chi connectivity index (χ4n) is 7.24. The highest BCUT2D eigenvalue weighted by molar-refractivity contribution is 6.15. The van der Waals surface area contributed by atoms with Gasteiger partial charge in [0.15, 0.2) is 0 Å². The largest absolute Gasteiger partial charge is 0.292 e. The Balaban J connectivity index is 1.29. The van der Waals surface area contributed by atoms with Crippen molar-refractivity contribution in [1.82, 2.24) is 14.4 Å². The Morgan fingerprint density at radius 1 is 0.714 bits per heavy atom. The van der Waals surface area contributed by atoms with Gasteiger partial charge in [-0.25, -0.2) is 9.97 Å². The third-order valence-electron chi connectivity index (χ3n) is 9.98. The van der Waals surface area contributed by atoms with Crippen molar-refractivity contribution in [2.24, 2.45) is 0 Å². The molecule has 3 heteroatoms. The van der Waals surface area contributed by atoms with E-state index in [4.69, 9.17) is 9.97 Å². The maximum Gasteiger partial charge on any atom is 0.147 e. The fourth-order valence-corrected chi connectivity index (χ4v) is 7.24. The molecule has 0 bridgehead atoms. The summed E-state index contributed by atoms with van der Waals surface area (Å²) in [6, 6.07) is 34.1. The first-order valence-corrected chi connectivity index (χ1v) is 16.8. The van der Waals surface area contributed by atoms with Gasteiger partial charge in [-0.15, -0.1) is 0 Å². The molecule has 0 atom stereocenters. The monoisotopic (exact) mass is 631 g/mol. The van der Waals surface area contributed by atoms with Crippen LogP contribution >= 0.6 is 0 Å². The van der Waals surface area contributed by atoms with Crippen molar-refractivity contribution in [2.75, 3.05) is 0 Å². The van der Waals surface area contributed by atoms with Crippen LogP contribution in [0.25, 0.3) is 77.9 Å². The highest BCUT2D eigenvalue weighted by Gasteiger charge is 2.17. The first-order valence-electron chi connectivity index (χ1n) is 16.8. The molecule has 0 saturated carbocycles. The predicted octanol–water partition coefficient (Wildman–Crippen LogP) is 12.4. The van der Waals surface area contributed by atoms with Crippen LogP contribution in [0.4, 0.5) is 0 Å². The van der Waals surface area contributed by atoms with Crippen molar-refractivity contribution in [2.45, 2.75) is 27.7 Å². The van der Waals surface area contributed by atoms with Gasteiger partial charge >= 0.3 is 0 Å². The van der Waals surface area contributed by atoms with Crippen LogP contribution in [0.1, 0.15) is 41.7 Å². The van der Waals surface area contributed by atoms with Gasteiger partial charge in [0.1, 0.15) is 5.65 Å². The van der Waals surface area contributed by atoms with Crippen LogP contribution in [-0.2, 0) is 0 Å². The lowest BCUT2D eigenvalue weighted by Gasteiger charge is -2.16. The molecule has 0 amide bonds. The van der Waals surface area contributed by atoms with Gasteiger partial charge in [0.05, 0.1) is 27.6 Å². The van der Waals surface area contributed by atoms with Crippen molar-refractivity contribution in [3.63, 3.8) is 0 Å². The molecule has 0 spiro atoms. The molecule has 8 aromatic rings. The quantitative estimate of drug-likeness (QED) is 0.104. The van der Waals surface area contributed by atoms with E-state index >= 15 is 0 Å². The molecule has 3 nitrogen and oxygen atoms in total. The molecule has 0 radical (unpaired) electrons. The first kappa shape index (κ1) is 30.3. The summed E-state index contributed by atoms with van der Waals surface area (Å²) in [6.45, 7) is 17.4. The van der Waals surface area contributed by atoms with E-state index in [-0.39, 0.29) is 0 Å². The number of benzene rings is 5. The van der Waals surface area contributed by atoms with Gasteiger partial charge in [-0.3, -0.25) is 4.40 Å². The number of fused-ring (bicyclic) bond motifs is 10. The van der Waals surface area contributed by atoms with Crippen molar-refractivity contribution >= 4 is 77.9 Å².